The van der Waals surface area contributed by atoms with E-state index >= 15 is 0 Å². The van der Waals surface area contributed by atoms with E-state index in [0.29, 0.717) is 78.5 Å². The summed E-state index contributed by atoms with van der Waals surface area (Å²) >= 11 is 0. The van der Waals surface area contributed by atoms with Gasteiger partial charge in [0.1, 0.15) is 0 Å². The molecule has 0 spiro atoms. The predicted molar refractivity (Wildman–Crippen MR) is 237 cm³/mol. The van der Waals surface area contributed by atoms with Crippen LogP contribution >= 0.6 is 0 Å². The van der Waals surface area contributed by atoms with E-state index in [0.717, 1.165) is 74.6 Å². The number of nitrogens with two attached hydrogens (primary N) is 8. The van der Waals surface area contributed by atoms with Crippen LogP contribution in [0.15, 0.2) is 97.1 Å². The molecule has 4 aromatic carbocycles. The quantitative estimate of drug-likeness (QED) is 0.0302. The molecule has 0 aliphatic carbocycles. The fourth-order valence-electron chi connectivity index (χ4n) is 6.04. The summed E-state index contributed by atoms with van der Waals surface area (Å²) in [5, 5.41) is 45.9. The first-order valence-corrected chi connectivity index (χ1v) is 28.0. The van der Waals surface area contributed by atoms with E-state index in [1.807, 2.05) is 48.5 Å². The SMILES string of the molecule is NCCN(CCN)Cc1ccccc1[O-].NCCN(CCN)Cc1ccccc1[O-].NCCN(CCN)Cc1ccccc1[O-].NCCN(CCN)Cc1ccccc1[O-].[Cu+2].[Cu+2].[Cu+2].[Cu+2].[O-][Cl+3]([O-])([O-])[O-].[O-][Cl+3]([O-])([O-])[O-].[O-][Cl+3]([O-])([O-])[O-].[O-][Cl+3]([O-])([O-])[O-]. The van der Waals surface area contributed by atoms with Crippen molar-refractivity contribution in [2.75, 3.05) is 105 Å². The Balaban J connectivity index is -0.000000136. The summed E-state index contributed by atoms with van der Waals surface area (Å²) in [6.07, 6.45) is 0. The second-order valence-corrected chi connectivity index (χ2v) is 18.4. The van der Waals surface area contributed by atoms with Crippen LogP contribution in [0.2, 0.25) is 0 Å². The minimum Gasteiger partial charge on any atom is -0.872 e. The maximum atomic E-state index is 11.5. The van der Waals surface area contributed by atoms with Crippen molar-refractivity contribution in [3.63, 3.8) is 0 Å². The van der Waals surface area contributed by atoms with E-state index in [2.05, 4.69) is 19.6 Å². The normalized spacial score (nSPS) is 10.6. The van der Waals surface area contributed by atoms with Gasteiger partial charge < -0.3 is 66.3 Å². The fourth-order valence-corrected chi connectivity index (χ4v) is 6.04. The standard InChI is InChI=1S/4C11H19N3O.4ClHO4.4Cu/c4*12-5-7-14(8-6-13)9-10-3-1-2-4-11(10)15;4*2-1(3,4)5;;;;/h4*1-4,15H,5-9,12-13H2;4*(H,2,3,4,5);;;;/q;;;;;;;;4*+2/p-8. The van der Waals surface area contributed by atoms with E-state index < -0.39 is 41.0 Å². The predicted octanol–water partition coefficient (Wildman–Crippen LogP) is -21.1. The Hall–Kier alpha value is -1.80. The molecule has 0 bridgehead atoms. The summed E-state index contributed by atoms with van der Waals surface area (Å²) in [5.74, 6) is 0.321. The third-order valence-electron chi connectivity index (χ3n) is 9.03. The minimum atomic E-state index is -4.94. The van der Waals surface area contributed by atoms with Crippen LogP contribution in [-0.4, -0.2) is 124 Å². The van der Waals surface area contributed by atoms with Crippen LogP contribution in [0.1, 0.15) is 22.3 Å². The number of rotatable bonds is 24. The Morgan fingerprint density at radius 3 is 0.440 bits per heavy atom. The summed E-state index contributed by atoms with van der Waals surface area (Å²) in [4.78, 5) is 8.38. The van der Waals surface area contributed by atoms with Gasteiger partial charge in [0.05, 0.1) is 0 Å². The first kappa shape index (κ1) is 98.4. The number of benzene rings is 4. The second kappa shape index (κ2) is 58.9. The molecule has 0 unspecified atom stereocenters. The van der Waals surface area contributed by atoms with Crippen molar-refractivity contribution >= 4 is 0 Å². The molecule has 16 N–H and O–H groups in total. The average molecular weight is 1490 g/mol. The van der Waals surface area contributed by atoms with Crippen LogP contribution in [-0.2, 0) is 94.5 Å². The van der Waals surface area contributed by atoms with Gasteiger partial charge in [-0.3, -0.25) is 19.6 Å². The molecule has 4 radical (unpaired) electrons. The number of nitrogens with zero attached hydrogens (tertiary/aromatic N) is 4. The molecular formula is C44H72Cl4Cu4N12O20. The van der Waals surface area contributed by atoms with E-state index in [1.54, 1.807) is 48.5 Å². The molecule has 4 aromatic rings. The number of halogens is 4. The topological polar surface area (TPSA) is 682 Å². The van der Waals surface area contributed by atoms with Gasteiger partial charge in [0.2, 0.25) is 0 Å². The van der Waals surface area contributed by atoms with Crippen molar-refractivity contribution in [1.82, 2.24) is 19.6 Å². The van der Waals surface area contributed by atoms with Crippen molar-refractivity contribution in [2.24, 2.45) is 45.9 Å². The van der Waals surface area contributed by atoms with Crippen molar-refractivity contribution in [2.45, 2.75) is 26.2 Å². The van der Waals surface area contributed by atoms with Crippen molar-refractivity contribution < 1.29 is 204 Å². The zero-order valence-corrected chi connectivity index (χ0v) is 51.5. The van der Waals surface area contributed by atoms with Gasteiger partial charge in [-0.2, -0.15) is 0 Å². The molecule has 0 aliphatic rings. The monoisotopic (exact) mass is 1480 g/mol. The maximum Gasteiger partial charge on any atom is 2.00 e. The Bertz CT molecular complexity index is 1760. The Kier molecular flexibility index (Phi) is 69.0. The summed E-state index contributed by atoms with van der Waals surface area (Å²) in [6.45, 7) is 13.4. The molecule has 32 nitrogen and oxygen atoms in total. The molecule has 0 heterocycles. The number of hydrogen-bond donors (Lipinski definition) is 8. The summed E-state index contributed by atoms with van der Waals surface area (Å²) in [7, 11) is -19.8. The third kappa shape index (κ3) is 74.5. The molecule has 0 saturated heterocycles. The number of para-hydroxylation sites is 4. The first-order valence-electron chi connectivity index (χ1n) is 23.1. The van der Waals surface area contributed by atoms with Crippen molar-refractivity contribution in [3.05, 3.63) is 119 Å². The summed E-state index contributed by atoms with van der Waals surface area (Å²) < 4.78 is 136. The van der Waals surface area contributed by atoms with Gasteiger partial charge in [-0.1, -0.05) is 97.1 Å². The molecule has 4 rings (SSSR count). The first-order chi connectivity index (χ1) is 37.1. The van der Waals surface area contributed by atoms with E-state index in [1.165, 1.54) is 0 Å². The van der Waals surface area contributed by atoms with E-state index in [9.17, 15) is 20.4 Å². The van der Waals surface area contributed by atoms with Crippen LogP contribution in [0, 0.1) is 41.0 Å². The smallest absolute Gasteiger partial charge is 0.872 e. The van der Waals surface area contributed by atoms with Crippen LogP contribution in [0.5, 0.6) is 23.0 Å². The Morgan fingerprint density at radius 1 is 0.238 bits per heavy atom. The minimum absolute atomic E-state index is 0. The molecule has 0 fully saturated rings. The van der Waals surface area contributed by atoms with Crippen molar-refractivity contribution in [1.29, 1.82) is 0 Å². The van der Waals surface area contributed by atoms with Crippen LogP contribution in [0.25, 0.3) is 0 Å². The molecule has 500 valence electrons. The van der Waals surface area contributed by atoms with E-state index in [4.69, 9.17) is 120 Å². The molecule has 0 saturated carbocycles. The summed E-state index contributed by atoms with van der Waals surface area (Å²) in [6, 6.07) is 28.2. The maximum absolute atomic E-state index is 11.5. The zero-order chi connectivity index (χ0) is 62.4. The Morgan fingerprint density at radius 2 is 0.345 bits per heavy atom. The van der Waals surface area contributed by atoms with Gasteiger partial charge in [0, 0.05) is 131 Å². The van der Waals surface area contributed by atoms with Gasteiger partial charge in [0.15, 0.2) is 0 Å². The molecule has 0 aromatic heterocycles. The van der Waals surface area contributed by atoms with Crippen LogP contribution < -0.4 is 141 Å². The van der Waals surface area contributed by atoms with Gasteiger partial charge in [-0.15, -0.1) is 64.0 Å². The summed E-state index contributed by atoms with van der Waals surface area (Å²) in [5.41, 5.74) is 47.1. The van der Waals surface area contributed by atoms with Gasteiger partial charge in [0.25, 0.3) is 0 Å². The fraction of sp³-hybridized carbons (Fsp3) is 0.455. The second-order valence-electron chi connectivity index (χ2n) is 15.4. The molecule has 0 aliphatic heterocycles. The molecule has 0 amide bonds. The molecule has 40 heteroatoms. The molecular weight excluding hydrogens is 1410 g/mol. The van der Waals surface area contributed by atoms with Gasteiger partial charge >= 0.3 is 68.3 Å². The van der Waals surface area contributed by atoms with Gasteiger partial charge in [-0.25, -0.2) is 74.5 Å². The van der Waals surface area contributed by atoms with E-state index in [-0.39, 0.29) is 91.3 Å². The number of hydrogen-bond acceptors (Lipinski definition) is 32. The Labute approximate surface area is 539 Å². The van der Waals surface area contributed by atoms with Crippen molar-refractivity contribution in [3.8, 4) is 23.0 Å². The largest absolute Gasteiger partial charge is 2.00 e. The molecule has 84 heavy (non-hydrogen) atoms. The molecule has 0 atom stereocenters. The third-order valence-corrected chi connectivity index (χ3v) is 9.03. The van der Waals surface area contributed by atoms with Gasteiger partial charge in [-0.05, 0) is 22.3 Å². The average Bonchev–Trinajstić information content (AvgIpc) is 3.31. The van der Waals surface area contributed by atoms with Crippen LogP contribution in [0.4, 0.5) is 0 Å². The zero-order valence-electron chi connectivity index (χ0n) is 44.7. The van der Waals surface area contributed by atoms with Crippen LogP contribution in [0.3, 0.4) is 0 Å².